The molecule has 0 fully saturated rings. The van der Waals surface area contributed by atoms with Crippen LogP contribution in [0.5, 0.6) is 0 Å². The van der Waals surface area contributed by atoms with Crippen LogP contribution in [0.15, 0.2) is 35.1 Å². The molecule has 0 amide bonds. The predicted octanol–water partition coefficient (Wildman–Crippen LogP) is 3.06. The molecule has 0 unspecified atom stereocenters. The Morgan fingerprint density at radius 1 is 1.36 bits per heavy atom. The van der Waals surface area contributed by atoms with E-state index in [1.54, 1.807) is 20.1 Å². The second-order valence-corrected chi connectivity index (χ2v) is 6.11. The Morgan fingerprint density at radius 3 is 2.86 bits per heavy atom. The molecule has 22 heavy (non-hydrogen) atoms. The van der Waals surface area contributed by atoms with E-state index in [9.17, 15) is 5.11 Å². The van der Waals surface area contributed by atoms with E-state index in [1.807, 2.05) is 29.0 Å². The lowest BCUT2D eigenvalue weighted by atomic mass is 10.1. The lowest BCUT2D eigenvalue weighted by Gasteiger charge is -2.18. The largest absolute Gasteiger partial charge is 0.467 e. The third kappa shape index (κ3) is 3.23. The first-order chi connectivity index (χ1) is 10.4. The first kappa shape index (κ1) is 14.9. The van der Waals surface area contributed by atoms with Gasteiger partial charge in [-0.05, 0) is 43.6 Å². The van der Waals surface area contributed by atoms with Gasteiger partial charge in [0.15, 0.2) is 0 Å². The molecule has 0 aliphatic rings. The Balaban J connectivity index is 1.93. The summed E-state index contributed by atoms with van der Waals surface area (Å²) in [7, 11) is 0. The van der Waals surface area contributed by atoms with Crippen molar-refractivity contribution in [2.24, 2.45) is 0 Å². The van der Waals surface area contributed by atoms with Crippen molar-refractivity contribution in [2.75, 3.05) is 5.32 Å². The van der Waals surface area contributed by atoms with Gasteiger partial charge in [-0.15, -0.1) is 0 Å². The van der Waals surface area contributed by atoms with Gasteiger partial charge in [-0.2, -0.15) is 4.98 Å². The monoisotopic (exact) mass is 320 g/mol. The second kappa shape index (κ2) is 5.62. The van der Waals surface area contributed by atoms with E-state index >= 15 is 0 Å². The number of nitrogens with zero attached hydrogens (tertiary/aromatic N) is 3. The Kier molecular flexibility index (Phi) is 3.80. The van der Waals surface area contributed by atoms with Gasteiger partial charge in [0, 0.05) is 6.20 Å². The van der Waals surface area contributed by atoms with Crippen LogP contribution in [0.25, 0.3) is 11.0 Å². The van der Waals surface area contributed by atoms with E-state index in [1.165, 1.54) is 0 Å². The average Bonchev–Trinajstić information content (AvgIpc) is 3.05. The molecule has 7 heteroatoms. The highest BCUT2D eigenvalue weighted by Crippen LogP contribution is 2.25. The normalized spacial score (nSPS) is 12.0. The van der Waals surface area contributed by atoms with Crippen molar-refractivity contribution in [1.82, 2.24) is 14.5 Å². The number of nitrogens with one attached hydrogen (secondary N) is 1. The number of halogens is 1. The van der Waals surface area contributed by atoms with Gasteiger partial charge in [0.1, 0.15) is 17.2 Å². The fraction of sp³-hybridized carbons (Fsp3) is 0.333. The summed E-state index contributed by atoms with van der Waals surface area (Å²) in [6, 6.07) is 5.62. The van der Waals surface area contributed by atoms with Gasteiger partial charge < -0.3 is 19.4 Å². The first-order valence-electron chi connectivity index (χ1n) is 6.93. The topological polar surface area (TPSA) is 76.1 Å². The quantitative estimate of drug-likeness (QED) is 0.707. The minimum atomic E-state index is -0.842. The van der Waals surface area contributed by atoms with E-state index in [2.05, 4.69) is 15.3 Å². The van der Waals surface area contributed by atoms with Gasteiger partial charge in [0.05, 0.1) is 30.3 Å². The van der Waals surface area contributed by atoms with E-state index < -0.39 is 5.60 Å². The Labute approximate surface area is 132 Å². The molecule has 0 saturated heterocycles. The number of aliphatic hydroxyl groups is 1. The van der Waals surface area contributed by atoms with Crippen LogP contribution < -0.4 is 5.32 Å². The zero-order chi connectivity index (χ0) is 15.7. The summed E-state index contributed by atoms with van der Waals surface area (Å²) in [5.74, 6) is 1.44. The summed E-state index contributed by atoms with van der Waals surface area (Å²) < 4.78 is 7.15. The van der Waals surface area contributed by atoms with Crippen LogP contribution >= 0.6 is 11.6 Å². The second-order valence-electron chi connectivity index (χ2n) is 5.77. The number of hydrogen-bond donors (Lipinski definition) is 2. The first-order valence-corrected chi connectivity index (χ1v) is 7.31. The van der Waals surface area contributed by atoms with Crippen LogP contribution in [0, 0.1) is 0 Å². The van der Waals surface area contributed by atoms with E-state index in [0.717, 1.165) is 11.1 Å². The molecule has 116 valence electrons. The summed E-state index contributed by atoms with van der Waals surface area (Å²) in [4.78, 5) is 8.50. The average molecular weight is 321 g/mol. The number of fused-ring (bicyclic) bond motifs is 1. The molecule has 0 aliphatic heterocycles. The van der Waals surface area contributed by atoms with Crippen LogP contribution in [0.2, 0.25) is 5.28 Å². The molecule has 3 rings (SSSR count). The summed E-state index contributed by atoms with van der Waals surface area (Å²) in [5, 5.41) is 14.2. The fourth-order valence-corrected chi connectivity index (χ4v) is 2.47. The number of hydrogen-bond acceptors (Lipinski definition) is 5. The minimum Gasteiger partial charge on any atom is -0.467 e. The van der Waals surface area contributed by atoms with E-state index in [0.29, 0.717) is 24.6 Å². The molecule has 0 spiro atoms. The van der Waals surface area contributed by atoms with Crippen molar-refractivity contribution in [3.8, 4) is 0 Å². The molecule has 3 heterocycles. The van der Waals surface area contributed by atoms with Crippen LogP contribution in [0.1, 0.15) is 19.6 Å². The molecule has 0 saturated carbocycles. The number of furan rings is 1. The van der Waals surface area contributed by atoms with Crippen LogP contribution in [-0.4, -0.2) is 25.2 Å². The minimum absolute atomic E-state index is 0.158. The summed E-state index contributed by atoms with van der Waals surface area (Å²) >= 11 is 6.02. The number of aromatic nitrogens is 3. The van der Waals surface area contributed by atoms with Crippen molar-refractivity contribution in [2.45, 2.75) is 32.5 Å². The molecule has 0 aliphatic carbocycles. The molecular weight excluding hydrogens is 304 g/mol. The molecule has 0 radical (unpaired) electrons. The molecular formula is C15H17ClN4O2. The van der Waals surface area contributed by atoms with Gasteiger partial charge in [0.25, 0.3) is 0 Å². The van der Waals surface area contributed by atoms with Gasteiger partial charge in [0.2, 0.25) is 5.28 Å². The lowest BCUT2D eigenvalue weighted by Crippen LogP contribution is -2.25. The standard InChI is InChI=1S/C15H17ClN4O2/c1-15(2,21)9-20-6-5-11-12(18-14(16)19-13(11)20)17-8-10-4-3-7-22-10/h3-7,21H,8-9H2,1-2H3,(H,17,18,19). The van der Waals surface area contributed by atoms with Crippen molar-refractivity contribution in [3.63, 3.8) is 0 Å². The highest BCUT2D eigenvalue weighted by Gasteiger charge is 2.17. The lowest BCUT2D eigenvalue weighted by molar-refractivity contribution is 0.0627. The summed E-state index contributed by atoms with van der Waals surface area (Å²) in [6.07, 6.45) is 3.49. The van der Waals surface area contributed by atoms with Crippen molar-refractivity contribution in [3.05, 3.63) is 41.7 Å². The van der Waals surface area contributed by atoms with Gasteiger partial charge in [-0.3, -0.25) is 0 Å². The SMILES string of the molecule is CC(C)(O)Cn1ccc2c(NCc3ccco3)nc(Cl)nc21. The van der Waals surface area contributed by atoms with E-state index in [4.69, 9.17) is 16.0 Å². The van der Waals surface area contributed by atoms with Gasteiger partial charge in [-0.25, -0.2) is 4.98 Å². The number of rotatable bonds is 5. The maximum absolute atomic E-state index is 9.99. The smallest absolute Gasteiger partial charge is 0.226 e. The zero-order valence-corrected chi connectivity index (χ0v) is 13.1. The molecule has 0 atom stereocenters. The van der Waals surface area contributed by atoms with Crippen molar-refractivity contribution < 1.29 is 9.52 Å². The van der Waals surface area contributed by atoms with E-state index in [-0.39, 0.29) is 5.28 Å². The van der Waals surface area contributed by atoms with Gasteiger partial charge >= 0.3 is 0 Å². The Morgan fingerprint density at radius 2 is 2.18 bits per heavy atom. The third-order valence-electron chi connectivity index (χ3n) is 3.16. The summed E-state index contributed by atoms with van der Waals surface area (Å²) in [6.45, 7) is 4.42. The maximum Gasteiger partial charge on any atom is 0.226 e. The third-order valence-corrected chi connectivity index (χ3v) is 3.33. The highest BCUT2D eigenvalue weighted by atomic mass is 35.5. The molecule has 0 bridgehead atoms. The maximum atomic E-state index is 9.99. The Bertz CT molecular complexity index is 775. The number of anilines is 1. The highest BCUT2D eigenvalue weighted by molar-refractivity contribution is 6.28. The molecule has 3 aromatic rings. The van der Waals surface area contributed by atoms with Crippen LogP contribution in [0.4, 0.5) is 5.82 Å². The van der Waals surface area contributed by atoms with Crippen LogP contribution in [0.3, 0.4) is 0 Å². The molecule has 3 aromatic heterocycles. The molecule has 6 nitrogen and oxygen atoms in total. The van der Waals surface area contributed by atoms with Crippen molar-refractivity contribution >= 4 is 28.5 Å². The van der Waals surface area contributed by atoms with Crippen molar-refractivity contribution in [1.29, 1.82) is 0 Å². The van der Waals surface area contributed by atoms with Gasteiger partial charge in [-0.1, -0.05) is 0 Å². The Hall–Kier alpha value is -2.05. The summed E-state index contributed by atoms with van der Waals surface area (Å²) in [5.41, 5.74) is -0.158. The molecule has 0 aromatic carbocycles. The predicted molar refractivity (Wildman–Crippen MR) is 84.9 cm³/mol. The zero-order valence-electron chi connectivity index (χ0n) is 12.4. The molecule has 2 N–H and O–H groups in total. The van der Waals surface area contributed by atoms with Crippen LogP contribution in [-0.2, 0) is 13.1 Å². The fourth-order valence-electron chi connectivity index (χ4n) is 2.30.